The Kier molecular flexibility index (Phi) is 3.82. The molecule has 0 aliphatic heterocycles. The minimum Gasteiger partial charge on any atom is -0.396 e. The van der Waals surface area contributed by atoms with Crippen LogP contribution in [0.15, 0.2) is 48.5 Å². The van der Waals surface area contributed by atoms with Crippen LogP contribution in [0.4, 0.5) is 15.8 Å². The molecule has 3 heteroatoms. The molecule has 2 N–H and O–H groups in total. The number of rotatable bonds is 4. The Labute approximate surface area is 107 Å². The van der Waals surface area contributed by atoms with E-state index in [1.807, 2.05) is 36.4 Å². The van der Waals surface area contributed by atoms with Crippen LogP contribution in [0.25, 0.3) is 0 Å². The molecule has 2 nitrogen and oxygen atoms in total. The third-order valence-corrected chi connectivity index (χ3v) is 3.01. The van der Waals surface area contributed by atoms with Gasteiger partial charge in [0, 0.05) is 18.8 Å². The second kappa shape index (κ2) is 5.54. The van der Waals surface area contributed by atoms with Gasteiger partial charge in [-0.1, -0.05) is 30.3 Å². The van der Waals surface area contributed by atoms with E-state index in [2.05, 4.69) is 11.8 Å². The van der Waals surface area contributed by atoms with E-state index in [9.17, 15) is 4.39 Å². The first-order chi connectivity index (χ1) is 8.72. The van der Waals surface area contributed by atoms with Crippen LogP contribution in [0, 0.1) is 5.82 Å². The molecule has 0 saturated carbocycles. The highest BCUT2D eigenvalue weighted by Gasteiger charge is 2.09. The Morgan fingerprint density at radius 2 is 1.78 bits per heavy atom. The quantitative estimate of drug-likeness (QED) is 0.835. The molecule has 0 unspecified atom stereocenters. The maximum absolute atomic E-state index is 13.4. The number of hydrogen-bond donors (Lipinski definition) is 1. The monoisotopic (exact) mass is 244 g/mol. The van der Waals surface area contributed by atoms with Crippen molar-refractivity contribution in [3.05, 3.63) is 59.9 Å². The molecule has 0 aliphatic rings. The summed E-state index contributed by atoms with van der Waals surface area (Å²) in [5, 5.41) is 0. The lowest BCUT2D eigenvalue weighted by atomic mass is 10.1. The van der Waals surface area contributed by atoms with Gasteiger partial charge >= 0.3 is 0 Å². The van der Waals surface area contributed by atoms with E-state index in [0.29, 0.717) is 6.54 Å². The first-order valence-electron chi connectivity index (χ1n) is 6.05. The first kappa shape index (κ1) is 12.4. The Hall–Kier alpha value is -2.03. The number of hydrogen-bond acceptors (Lipinski definition) is 2. The number of benzene rings is 2. The zero-order chi connectivity index (χ0) is 13.0. The molecule has 0 heterocycles. The SMILES string of the molecule is CCN(Cc1cccc(F)c1N)c1ccccc1. The Balaban J connectivity index is 2.24. The number of nitrogens with zero attached hydrogens (tertiary/aromatic N) is 1. The van der Waals surface area contributed by atoms with E-state index >= 15 is 0 Å². The van der Waals surface area contributed by atoms with Crippen molar-refractivity contribution in [1.29, 1.82) is 0 Å². The summed E-state index contributed by atoms with van der Waals surface area (Å²) < 4.78 is 13.4. The van der Waals surface area contributed by atoms with Gasteiger partial charge in [-0.25, -0.2) is 4.39 Å². The van der Waals surface area contributed by atoms with Gasteiger partial charge in [0.25, 0.3) is 0 Å². The van der Waals surface area contributed by atoms with Crippen LogP contribution in [-0.4, -0.2) is 6.54 Å². The van der Waals surface area contributed by atoms with Crippen molar-refractivity contribution in [3.8, 4) is 0 Å². The molecule has 2 aromatic carbocycles. The standard InChI is InChI=1S/C15H17FN2/c1-2-18(13-8-4-3-5-9-13)11-12-7-6-10-14(16)15(12)17/h3-10H,2,11,17H2,1H3. The lowest BCUT2D eigenvalue weighted by Crippen LogP contribution is -2.22. The van der Waals surface area contributed by atoms with E-state index in [4.69, 9.17) is 5.73 Å². The lowest BCUT2D eigenvalue weighted by Gasteiger charge is -2.24. The van der Waals surface area contributed by atoms with Crippen molar-refractivity contribution in [3.63, 3.8) is 0 Å². The number of nitrogens with two attached hydrogens (primary N) is 1. The van der Waals surface area contributed by atoms with Crippen molar-refractivity contribution < 1.29 is 4.39 Å². The zero-order valence-electron chi connectivity index (χ0n) is 10.4. The molecule has 18 heavy (non-hydrogen) atoms. The normalized spacial score (nSPS) is 10.3. The molecule has 94 valence electrons. The maximum atomic E-state index is 13.4. The summed E-state index contributed by atoms with van der Waals surface area (Å²) in [7, 11) is 0. The van der Waals surface area contributed by atoms with Gasteiger partial charge in [-0.2, -0.15) is 0 Å². The number of halogens is 1. The van der Waals surface area contributed by atoms with Crippen molar-refractivity contribution in [2.75, 3.05) is 17.2 Å². The average molecular weight is 244 g/mol. The average Bonchev–Trinajstić information content (AvgIpc) is 2.41. The molecule has 0 aliphatic carbocycles. The summed E-state index contributed by atoms with van der Waals surface area (Å²) in [5.41, 5.74) is 7.94. The molecule has 0 aromatic heterocycles. The zero-order valence-corrected chi connectivity index (χ0v) is 10.4. The molecule has 0 spiro atoms. The summed E-state index contributed by atoms with van der Waals surface area (Å²) in [6.07, 6.45) is 0. The van der Waals surface area contributed by atoms with Crippen LogP contribution in [0.2, 0.25) is 0 Å². The molecule has 0 atom stereocenters. The molecular formula is C15H17FN2. The fraction of sp³-hybridized carbons (Fsp3) is 0.200. The van der Waals surface area contributed by atoms with Crippen LogP contribution < -0.4 is 10.6 Å². The van der Waals surface area contributed by atoms with Gasteiger partial charge in [-0.3, -0.25) is 0 Å². The van der Waals surface area contributed by atoms with Crippen molar-refractivity contribution in [2.45, 2.75) is 13.5 Å². The minimum absolute atomic E-state index is 0.242. The Morgan fingerprint density at radius 3 is 2.44 bits per heavy atom. The number of anilines is 2. The van der Waals surface area contributed by atoms with Crippen molar-refractivity contribution in [1.82, 2.24) is 0 Å². The summed E-state index contributed by atoms with van der Waals surface area (Å²) in [4.78, 5) is 2.16. The molecule has 0 radical (unpaired) electrons. The van der Waals surface area contributed by atoms with E-state index in [1.165, 1.54) is 6.07 Å². The molecule has 0 fully saturated rings. The third-order valence-electron chi connectivity index (χ3n) is 3.01. The summed E-state index contributed by atoms with van der Waals surface area (Å²) in [6.45, 7) is 3.53. The summed E-state index contributed by atoms with van der Waals surface area (Å²) >= 11 is 0. The Morgan fingerprint density at radius 1 is 1.06 bits per heavy atom. The van der Waals surface area contributed by atoms with Crippen LogP contribution in [0.3, 0.4) is 0 Å². The smallest absolute Gasteiger partial charge is 0.146 e. The summed E-state index contributed by atoms with van der Waals surface area (Å²) in [6, 6.07) is 15.0. The van der Waals surface area contributed by atoms with Gasteiger partial charge in [0.2, 0.25) is 0 Å². The van der Waals surface area contributed by atoms with E-state index in [-0.39, 0.29) is 11.5 Å². The highest BCUT2D eigenvalue weighted by molar-refractivity contribution is 5.52. The summed E-state index contributed by atoms with van der Waals surface area (Å²) in [5.74, 6) is -0.350. The molecule has 2 aromatic rings. The molecule has 0 bridgehead atoms. The number of nitrogen functional groups attached to an aromatic ring is 1. The van der Waals surface area contributed by atoms with Gasteiger partial charge in [0.1, 0.15) is 5.82 Å². The second-order valence-electron chi connectivity index (χ2n) is 4.16. The first-order valence-corrected chi connectivity index (χ1v) is 6.05. The molecular weight excluding hydrogens is 227 g/mol. The lowest BCUT2D eigenvalue weighted by molar-refractivity contribution is 0.630. The Bertz CT molecular complexity index is 511. The topological polar surface area (TPSA) is 29.3 Å². The van der Waals surface area contributed by atoms with Crippen molar-refractivity contribution in [2.24, 2.45) is 0 Å². The molecule has 0 saturated heterocycles. The fourth-order valence-corrected chi connectivity index (χ4v) is 1.95. The van der Waals surface area contributed by atoms with Gasteiger partial charge in [-0.15, -0.1) is 0 Å². The minimum atomic E-state index is -0.350. The second-order valence-corrected chi connectivity index (χ2v) is 4.16. The predicted octanol–water partition coefficient (Wildman–Crippen LogP) is 3.43. The predicted molar refractivity (Wildman–Crippen MR) is 74.0 cm³/mol. The maximum Gasteiger partial charge on any atom is 0.146 e. The van der Waals surface area contributed by atoms with Crippen molar-refractivity contribution >= 4 is 11.4 Å². The highest BCUT2D eigenvalue weighted by Crippen LogP contribution is 2.21. The van der Waals surface area contributed by atoms with Crippen LogP contribution >= 0.6 is 0 Å². The molecule has 2 rings (SSSR count). The highest BCUT2D eigenvalue weighted by atomic mass is 19.1. The van der Waals surface area contributed by atoms with Gasteiger partial charge in [0.05, 0.1) is 5.69 Å². The largest absolute Gasteiger partial charge is 0.396 e. The van der Waals surface area contributed by atoms with E-state index in [0.717, 1.165) is 17.8 Å². The van der Waals surface area contributed by atoms with Crippen LogP contribution in [-0.2, 0) is 6.54 Å². The van der Waals surface area contributed by atoms with Gasteiger partial charge in [-0.05, 0) is 30.7 Å². The van der Waals surface area contributed by atoms with Crippen LogP contribution in [0.1, 0.15) is 12.5 Å². The van der Waals surface area contributed by atoms with Crippen LogP contribution in [0.5, 0.6) is 0 Å². The van der Waals surface area contributed by atoms with Gasteiger partial charge < -0.3 is 10.6 Å². The van der Waals surface area contributed by atoms with Gasteiger partial charge in [0.15, 0.2) is 0 Å². The van der Waals surface area contributed by atoms with E-state index < -0.39 is 0 Å². The third kappa shape index (κ3) is 2.62. The fourth-order valence-electron chi connectivity index (χ4n) is 1.95. The number of para-hydroxylation sites is 2. The molecule has 0 amide bonds. The van der Waals surface area contributed by atoms with E-state index in [1.54, 1.807) is 6.07 Å².